The molecule has 0 radical (unpaired) electrons. The minimum absolute atomic E-state index is 0.375. The Morgan fingerprint density at radius 3 is 1.67 bits per heavy atom. The molecule has 0 aliphatic carbocycles. The summed E-state index contributed by atoms with van der Waals surface area (Å²) in [5.41, 5.74) is 0.756. The van der Waals surface area contributed by atoms with E-state index in [-0.39, 0.29) is 0 Å². The Morgan fingerprint density at radius 2 is 1.14 bits per heavy atom. The highest BCUT2D eigenvalue weighted by Crippen LogP contribution is 1.97. The monoisotopic (exact) mass is 519 g/mol. The largest absolute Gasteiger partial charge is 0.379 e. The lowest BCUT2D eigenvalue weighted by molar-refractivity contribution is -0.108. The molecule has 0 saturated carbocycles. The van der Waals surface area contributed by atoms with Crippen LogP contribution >= 0.6 is 0 Å². The molecule has 1 aromatic heterocycles. The lowest BCUT2D eigenvalue weighted by Crippen LogP contribution is -2.13. The third-order valence-electron chi connectivity index (χ3n) is 4.56. The van der Waals surface area contributed by atoms with E-state index in [9.17, 15) is 4.79 Å². The molecule has 0 spiro atoms. The number of rotatable bonds is 29. The van der Waals surface area contributed by atoms with E-state index < -0.39 is 0 Å². The fourth-order valence-corrected chi connectivity index (χ4v) is 2.65. The third kappa shape index (κ3) is 21.7. The molecule has 0 aromatic carbocycles. The number of ether oxygens (including phenoxy) is 8. The molecular weight excluding hydrogens is 474 g/mol. The van der Waals surface area contributed by atoms with Gasteiger partial charge in [-0.05, 0) is 6.42 Å². The van der Waals surface area contributed by atoms with Crippen molar-refractivity contribution in [3.63, 3.8) is 0 Å². The first-order chi connectivity index (χ1) is 17.9. The van der Waals surface area contributed by atoms with Gasteiger partial charge in [0.15, 0.2) is 0 Å². The van der Waals surface area contributed by atoms with Gasteiger partial charge in [-0.15, -0.1) is 5.10 Å². The fourth-order valence-electron chi connectivity index (χ4n) is 2.65. The zero-order valence-electron chi connectivity index (χ0n) is 21.8. The predicted octanol–water partition coefficient (Wildman–Crippen LogP) is 1.30. The summed E-state index contributed by atoms with van der Waals surface area (Å²) in [7, 11) is 0. The molecular formula is C24H45N3O9. The molecule has 0 saturated heterocycles. The van der Waals surface area contributed by atoms with Gasteiger partial charge < -0.3 is 42.7 Å². The SMILES string of the molecule is CCCCOCCOCCOCCOCCn1cc(COCCOCCOCCOCCC=O)nn1. The summed E-state index contributed by atoms with van der Waals surface area (Å²) in [5, 5.41) is 8.16. The minimum atomic E-state index is 0.375. The highest BCUT2D eigenvalue weighted by Gasteiger charge is 2.02. The maximum absolute atomic E-state index is 10.1. The number of hydrogen-bond donors (Lipinski definition) is 0. The van der Waals surface area contributed by atoms with Crippen molar-refractivity contribution >= 4 is 6.29 Å². The molecule has 1 aromatic rings. The van der Waals surface area contributed by atoms with E-state index in [2.05, 4.69) is 17.2 Å². The van der Waals surface area contributed by atoms with Crippen LogP contribution in [-0.4, -0.2) is 120 Å². The molecule has 36 heavy (non-hydrogen) atoms. The Hall–Kier alpha value is -1.51. The van der Waals surface area contributed by atoms with Crippen LogP contribution in [0, 0.1) is 0 Å². The zero-order valence-corrected chi connectivity index (χ0v) is 21.8. The van der Waals surface area contributed by atoms with Crippen molar-refractivity contribution in [2.24, 2.45) is 0 Å². The second-order valence-electron chi connectivity index (χ2n) is 7.62. The lowest BCUT2D eigenvalue weighted by Gasteiger charge is -2.07. The number of unbranched alkanes of at least 4 members (excludes halogenated alkanes) is 1. The Balaban J connectivity index is 1.82. The first-order valence-electron chi connectivity index (χ1n) is 12.8. The topological polar surface area (TPSA) is 122 Å². The van der Waals surface area contributed by atoms with Gasteiger partial charge in [0.05, 0.1) is 112 Å². The van der Waals surface area contributed by atoms with Crippen LogP contribution in [-0.2, 0) is 55.8 Å². The zero-order chi connectivity index (χ0) is 25.8. The number of nitrogens with zero attached hydrogens (tertiary/aromatic N) is 3. The van der Waals surface area contributed by atoms with Crippen LogP contribution in [0.3, 0.4) is 0 Å². The van der Waals surface area contributed by atoms with Crippen molar-refractivity contribution in [3.05, 3.63) is 11.9 Å². The quantitative estimate of drug-likeness (QED) is 0.112. The van der Waals surface area contributed by atoms with Crippen molar-refractivity contribution in [1.82, 2.24) is 15.0 Å². The van der Waals surface area contributed by atoms with Gasteiger partial charge in [-0.2, -0.15) is 0 Å². The van der Waals surface area contributed by atoms with E-state index in [1.54, 1.807) is 4.68 Å². The molecule has 0 unspecified atom stereocenters. The van der Waals surface area contributed by atoms with Gasteiger partial charge in [0.2, 0.25) is 0 Å². The van der Waals surface area contributed by atoms with Crippen molar-refractivity contribution in [2.45, 2.75) is 39.3 Å². The van der Waals surface area contributed by atoms with E-state index in [1.807, 2.05) is 6.20 Å². The van der Waals surface area contributed by atoms with Crippen LogP contribution in [0.25, 0.3) is 0 Å². The van der Waals surface area contributed by atoms with Crippen LogP contribution in [0.15, 0.2) is 6.20 Å². The van der Waals surface area contributed by atoms with E-state index in [4.69, 9.17) is 37.9 Å². The summed E-state index contributed by atoms with van der Waals surface area (Å²) in [5.74, 6) is 0. The number of hydrogen-bond acceptors (Lipinski definition) is 11. The third-order valence-corrected chi connectivity index (χ3v) is 4.56. The van der Waals surface area contributed by atoms with Crippen LogP contribution in [0.4, 0.5) is 0 Å². The summed E-state index contributed by atoms with van der Waals surface area (Å²) in [6.07, 6.45) is 5.32. The second-order valence-corrected chi connectivity index (χ2v) is 7.62. The van der Waals surface area contributed by atoms with Gasteiger partial charge >= 0.3 is 0 Å². The van der Waals surface area contributed by atoms with E-state index in [0.29, 0.717) is 112 Å². The van der Waals surface area contributed by atoms with Gasteiger partial charge in [0.25, 0.3) is 0 Å². The average Bonchev–Trinajstić information content (AvgIpc) is 3.34. The number of carbonyl (C=O) groups is 1. The van der Waals surface area contributed by atoms with Gasteiger partial charge in [-0.3, -0.25) is 0 Å². The summed E-state index contributed by atoms with van der Waals surface area (Å²) in [6, 6.07) is 0. The van der Waals surface area contributed by atoms with E-state index >= 15 is 0 Å². The molecule has 0 N–H and O–H groups in total. The molecule has 210 valence electrons. The molecule has 12 heteroatoms. The maximum Gasteiger partial charge on any atom is 0.122 e. The molecule has 0 aliphatic rings. The molecule has 0 aliphatic heterocycles. The van der Waals surface area contributed by atoms with Crippen molar-refractivity contribution in [3.8, 4) is 0 Å². The molecule has 1 heterocycles. The molecule has 0 fully saturated rings. The molecule has 0 bridgehead atoms. The van der Waals surface area contributed by atoms with Crippen LogP contribution in [0.5, 0.6) is 0 Å². The average molecular weight is 520 g/mol. The molecule has 1 rings (SSSR count). The first-order valence-corrected chi connectivity index (χ1v) is 12.8. The summed E-state index contributed by atoms with van der Waals surface area (Å²) in [6.45, 7) is 11.1. The number of aromatic nitrogens is 3. The van der Waals surface area contributed by atoms with Crippen molar-refractivity contribution < 1.29 is 42.7 Å². The Morgan fingerprint density at radius 1 is 0.667 bits per heavy atom. The second kappa shape index (κ2) is 26.6. The molecule has 0 atom stereocenters. The Labute approximate surface area is 214 Å². The summed E-state index contributed by atoms with van der Waals surface area (Å²) >= 11 is 0. The van der Waals surface area contributed by atoms with Crippen molar-refractivity contribution in [1.29, 1.82) is 0 Å². The maximum atomic E-state index is 10.1. The van der Waals surface area contributed by atoms with Gasteiger partial charge in [-0.1, -0.05) is 18.6 Å². The Bertz CT molecular complexity index is 593. The van der Waals surface area contributed by atoms with Gasteiger partial charge in [0, 0.05) is 13.0 Å². The summed E-state index contributed by atoms with van der Waals surface area (Å²) in [4.78, 5) is 10.1. The Kier molecular flexibility index (Phi) is 24.0. The number of carbonyl (C=O) groups excluding carboxylic acids is 1. The molecule has 0 amide bonds. The van der Waals surface area contributed by atoms with Crippen molar-refractivity contribution in [2.75, 3.05) is 99.1 Å². The van der Waals surface area contributed by atoms with E-state index in [0.717, 1.165) is 31.4 Å². The van der Waals surface area contributed by atoms with E-state index in [1.165, 1.54) is 0 Å². The van der Waals surface area contributed by atoms with Gasteiger partial charge in [0.1, 0.15) is 12.0 Å². The predicted molar refractivity (Wildman–Crippen MR) is 131 cm³/mol. The highest BCUT2D eigenvalue weighted by atomic mass is 16.6. The molecule has 12 nitrogen and oxygen atoms in total. The first kappa shape index (κ1) is 32.5. The van der Waals surface area contributed by atoms with Crippen LogP contribution in [0.2, 0.25) is 0 Å². The standard InChI is InChI=1S/C24H45N3O9/c1-2-3-7-29-10-13-32-16-17-34-15-12-31-9-5-27-22-24(25-26-27)23-36-21-20-35-19-18-33-14-11-30-8-4-6-28/h6,22H,2-5,7-21,23H2,1H3. The number of aldehydes is 1. The smallest absolute Gasteiger partial charge is 0.122 e. The normalized spacial score (nSPS) is 11.4. The highest BCUT2D eigenvalue weighted by molar-refractivity contribution is 5.49. The van der Waals surface area contributed by atoms with Crippen LogP contribution in [0.1, 0.15) is 31.9 Å². The fraction of sp³-hybridized carbons (Fsp3) is 0.875. The van der Waals surface area contributed by atoms with Gasteiger partial charge in [-0.25, -0.2) is 4.68 Å². The van der Waals surface area contributed by atoms with Crippen LogP contribution < -0.4 is 0 Å². The minimum Gasteiger partial charge on any atom is -0.379 e. The summed E-state index contributed by atoms with van der Waals surface area (Å²) < 4.78 is 45.2. The lowest BCUT2D eigenvalue weighted by atomic mass is 10.4.